The number of thioether (sulfide) groups is 1. The van der Waals surface area contributed by atoms with Gasteiger partial charge in [-0.1, -0.05) is 6.08 Å². The Labute approximate surface area is 182 Å². The molecular formula is C21H31F3N2O2S2. The minimum Gasteiger partial charge on any atom is -0.302 e. The van der Waals surface area contributed by atoms with Crippen molar-refractivity contribution in [1.29, 1.82) is 0 Å². The zero-order valence-corrected chi connectivity index (χ0v) is 19.2. The number of hydrogen-bond donors (Lipinski definition) is 0. The summed E-state index contributed by atoms with van der Waals surface area (Å²) < 4.78 is 65.2. The molecule has 1 fully saturated rings. The van der Waals surface area contributed by atoms with Gasteiger partial charge in [-0.3, -0.25) is 0 Å². The highest BCUT2D eigenvalue weighted by atomic mass is 32.2. The molecule has 1 saturated carbocycles. The van der Waals surface area contributed by atoms with Crippen molar-refractivity contribution in [2.75, 3.05) is 38.7 Å². The summed E-state index contributed by atoms with van der Waals surface area (Å²) in [6.45, 7) is 5.63. The summed E-state index contributed by atoms with van der Waals surface area (Å²) in [7, 11) is -0.207. The van der Waals surface area contributed by atoms with Crippen LogP contribution in [0.15, 0.2) is 41.8 Å². The number of hydrogen-bond acceptors (Lipinski definition) is 4. The molecule has 0 atom stereocenters. The molecule has 0 aromatic heterocycles. The van der Waals surface area contributed by atoms with Gasteiger partial charge in [0, 0.05) is 31.9 Å². The van der Waals surface area contributed by atoms with Crippen LogP contribution in [0, 0.1) is 5.92 Å². The summed E-state index contributed by atoms with van der Waals surface area (Å²) in [5.41, 5.74) is -0.849. The third-order valence-corrected chi connectivity index (χ3v) is 8.70. The van der Waals surface area contributed by atoms with Gasteiger partial charge in [0.2, 0.25) is 10.0 Å². The number of halogens is 3. The van der Waals surface area contributed by atoms with E-state index in [0.29, 0.717) is 5.92 Å². The largest absolute Gasteiger partial charge is 0.416 e. The molecule has 2 rings (SSSR count). The molecule has 0 aliphatic heterocycles. The summed E-state index contributed by atoms with van der Waals surface area (Å²) in [6, 6.07) is 3.61. The molecule has 30 heavy (non-hydrogen) atoms. The van der Waals surface area contributed by atoms with Crippen molar-refractivity contribution in [2.24, 2.45) is 5.92 Å². The van der Waals surface area contributed by atoms with Crippen LogP contribution in [0.1, 0.15) is 31.2 Å². The molecule has 0 spiro atoms. The lowest BCUT2D eigenvalue weighted by atomic mass is 9.87. The predicted molar refractivity (Wildman–Crippen MR) is 117 cm³/mol. The van der Waals surface area contributed by atoms with Crippen LogP contribution in [0.4, 0.5) is 13.2 Å². The van der Waals surface area contributed by atoms with E-state index in [4.69, 9.17) is 0 Å². The Balaban J connectivity index is 1.84. The van der Waals surface area contributed by atoms with Gasteiger partial charge in [0.05, 0.1) is 10.5 Å². The number of alkyl halides is 3. The Morgan fingerprint density at radius 2 is 1.73 bits per heavy atom. The maximum Gasteiger partial charge on any atom is 0.416 e. The summed E-state index contributed by atoms with van der Waals surface area (Å²) in [4.78, 5) is 2.12. The number of benzene rings is 1. The van der Waals surface area contributed by atoms with Gasteiger partial charge >= 0.3 is 6.18 Å². The second kappa shape index (κ2) is 11.0. The van der Waals surface area contributed by atoms with Gasteiger partial charge in [0.25, 0.3) is 0 Å². The summed E-state index contributed by atoms with van der Waals surface area (Å²) >= 11 is 1.93. The van der Waals surface area contributed by atoms with E-state index in [1.54, 1.807) is 0 Å². The first-order valence-electron chi connectivity index (χ1n) is 10.1. The van der Waals surface area contributed by atoms with Crippen LogP contribution >= 0.6 is 11.8 Å². The van der Waals surface area contributed by atoms with Gasteiger partial charge in [-0.25, -0.2) is 8.42 Å². The highest BCUT2D eigenvalue weighted by Crippen LogP contribution is 2.33. The molecule has 170 valence electrons. The Bertz CT molecular complexity index is 774. The Kier molecular flexibility index (Phi) is 9.27. The Morgan fingerprint density at radius 1 is 1.13 bits per heavy atom. The summed E-state index contributed by atoms with van der Waals surface area (Å²) in [5.74, 6) is 2.72. The van der Waals surface area contributed by atoms with Crippen molar-refractivity contribution < 1.29 is 21.6 Å². The fourth-order valence-corrected chi connectivity index (χ4v) is 6.33. The second-order valence-corrected chi connectivity index (χ2v) is 11.0. The quantitative estimate of drug-likeness (QED) is 0.371. The van der Waals surface area contributed by atoms with Crippen LogP contribution in [0.3, 0.4) is 0 Å². The molecule has 1 aromatic rings. The average molecular weight is 465 g/mol. The molecule has 1 aliphatic rings. The molecule has 0 saturated heterocycles. The van der Waals surface area contributed by atoms with E-state index in [1.807, 2.05) is 17.8 Å². The van der Waals surface area contributed by atoms with E-state index >= 15 is 0 Å². The molecule has 0 heterocycles. The van der Waals surface area contributed by atoms with E-state index in [2.05, 4.69) is 18.5 Å². The minimum absolute atomic E-state index is 0.0978. The van der Waals surface area contributed by atoms with Crippen molar-refractivity contribution in [2.45, 2.75) is 42.8 Å². The normalized spacial score (nSPS) is 20.6. The van der Waals surface area contributed by atoms with Crippen LogP contribution in [0.2, 0.25) is 0 Å². The van der Waals surface area contributed by atoms with Crippen LogP contribution in [-0.2, 0) is 16.2 Å². The lowest BCUT2D eigenvalue weighted by molar-refractivity contribution is -0.137. The molecule has 0 N–H and O–H groups in total. The van der Waals surface area contributed by atoms with Gasteiger partial charge < -0.3 is 4.90 Å². The Hall–Kier alpha value is -1.03. The highest BCUT2D eigenvalue weighted by Gasteiger charge is 2.33. The molecule has 1 aliphatic carbocycles. The maximum atomic E-state index is 12.8. The molecule has 9 heteroatoms. The second-order valence-electron chi connectivity index (χ2n) is 7.84. The molecule has 0 unspecified atom stereocenters. The SMILES string of the molecule is C=CCN(C)CCSC[C@H]1CC[C@H](N(C)S(=O)(=O)c2ccc(C(F)(F)F)cc2)CC1. The molecule has 0 bridgehead atoms. The van der Waals surface area contributed by atoms with Crippen molar-refractivity contribution in [3.8, 4) is 0 Å². The lowest BCUT2D eigenvalue weighted by Gasteiger charge is -2.34. The number of nitrogens with zero attached hydrogens (tertiary/aromatic N) is 2. The van der Waals surface area contributed by atoms with Gasteiger partial charge in [0.15, 0.2) is 0 Å². The first kappa shape index (κ1) is 25.2. The van der Waals surface area contributed by atoms with E-state index in [0.717, 1.165) is 74.5 Å². The van der Waals surface area contributed by atoms with E-state index in [9.17, 15) is 21.6 Å². The topological polar surface area (TPSA) is 40.6 Å². The van der Waals surface area contributed by atoms with Crippen LogP contribution in [-0.4, -0.2) is 62.4 Å². The zero-order valence-electron chi connectivity index (χ0n) is 17.6. The predicted octanol–water partition coefficient (Wildman–Crippen LogP) is 4.74. The van der Waals surface area contributed by atoms with Crippen molar-refractivity contribution in [3.05, 3.63) is 42.5 Å². The molecular weight excluding hydrogens is 433 g/mol. The maximum absolute atomic E-state index is 12.8. The Morgan fingerprint density at radius 3 is 2.27 bits per heavy atom. The molecule has 4 nitrogen and oxygen atoms in total. The lowest BCUT2D eigenvalue weighted by Crippen LogP contribution is -2.39. The zero-order chi connectivity index (χ0) is 22.4. The van der Waals surface area contributed by atoms with Crippen LogP contribution in [0.25, 0.3) is 0 Å². The molecule has 1 aromatic carbocycles. The number of sulfonamides is 1. The third-order valence-electron chi connectivity index (χ3n) is 5.60. The molecule has 0 radical (unpaired) electrons. The first-order valence-corrected chi connectivity index (χ1v) is 12.7. The number of likely N-dealkylation sites (N-methyl/N-ethyl adjacent to an activating group) is 1. The average Bonchev–Trinajstić information content (AvgIpc) is 2.71. The van der Waals surface area contributed by atoms with Crippen LogP contribution < -0.4 is 0 Å². The van der Waals surface area contributed by atoms with Crippen molar-refractivity contribution in [3.63, 3.8) is 0 Å². The van der Waals surface area contributed by atoms with Gasteiger partial charge in [-0.05, 0) is 68.7 Å². The standard InChI is InChI=1S/C21H31F3N2O2S2/c1-4-13-25(2)14-15-29-16-17-5-9-19(10-6-17)26(3)30(27,28)20-11-7-18(8-12-20)21(22,23)24/h4,7-8,11-12,17,19H,1,5-6,9-10,13-16H2,2-3H3/t17-,19-. The van der Waals surface area contributed by atoms with Gasteiger partial charge in [-0.15, -0.1) is 6.58 Å². The number of rotatable bonds is 10. The molecule has 0 amide bonds. The van der Waals surface area contributed by atoms with E-state index in [1.165, 1.54) is 11.4 Å². The van der Waals surface area contributed by atoms with Gasteiger partial charge in [-0.2, -0.15) is 29.2 Å². The van der Waals surface area contributed by atoms with Crippen molar-refractivity contribution in [1.82, 2.24) is 9.21 Å². The highest BCUT2D eigenvalue weighted by molar-refractivity contribution is 7.99. The van der Waals surface area contributed by atoms with Crippen molar-refractivity contribution >= 4 is 21.8 Å². The van der Waals surface area contributed by atoms with E-state index < -0.39 is 21.8 Å². The smallest absolute Gasteiger partial charge is 0.302 e. The summed E-state index contributed by atoms with van der Waals surface area (Å²) in [6.07, 6.45) is 0.892. The first-order chi connectivity index (χ1) is 14.1. The van der Waals surface area contributed by atoms with E-state index in [-0.39, 0.29) is 10.9 Å². The third kappa shape index (κ3) is 7.00. The van der Waals surface area contributed by atoms with Crippen LogP contribution in [0.5, 0.6) is 0 Å². The summed E-state index contributed by atoms with van der Waals surface area (Å²) in [5, 5.41) is 0. The fraction of sp³-hybridized carbons (Fsp3) is 0.619. The minimum atomic E-state index is -4.48. The van der Waals surface area contributed by atoms with Gasteiger partial charge in [0.1, 0.15) is 0 Å². The monoisotopic (exact) mass is 464 g/mol. The fourth-order valence-electron chi connectivity index (χ4n) is 3.64.